The highest BCUT2D eigenvalue weighted by Crippen LogP contribution is 2.38. The Morgan fingerprint density at radius 3 is 2.62 bits per heavy atom. The summed E-state index contributed by atoms with van der Waals surface area (Å²) in [5, 5.41) is 9.03. The van der Waals surface area contributed by atoms with Crippen molar-refractivity contribution < 1.29 is 33.6 Å². The van der Waals surface area contributed by atoms with Crippen molar-refractivity contribution in [3.05, 3.63) is 82.5 Å². The van der Waals surface area contributed by atoms with E-state index >= 15 is 0 Å². The minimum absolute atomic E-state index is 0.0249. The van der Waals surface area contributed by atoms with Crippen LogP contribution in [0, 0.1) is 0 Å². The molecule has 0 fully saturated rings. The molecule has 202 valence electrons. The van der Waals surface area contributed by atoms with Crippen molar-refractivity contribution in [3.63, 3.8) is 0 Å². The third-order valence-corrected chi connectivity index (χ3v) is 7.43. The predicted molar refractivity (Wildman–Crippen MR) is 143 cm³/mol. The van der Waals surface area contributed by atoms with Gasteiger partial charge in [-0.3, -0.25) is 9.36 Å². The average molecular weight is 591 g/mol. The van der Waals surface area contributed by atoms with Gasteiger partial charge in [-0.1, -0.05) is 40.6 Å². The van der Waals surface area contributed by atoms with Crippen molar-refractivity contribution in [1.82, 2.24) is 4.57 Å². The van der Waals surface area contributed by atoms with Gasteiger partial charge < -0.3 is 24.1 Å². The SMILES string of the molecule is CCOC(=O)C1=C(C)N=c2s/c(=C\c3cc(Cl)c(OCC(=O)O)c(Cl)c3)c(=O)n2[C@@H]1c1ccc2c(c1)OCO2. The van der Waals surface area contributed by atoms with Gasteiger partial charge in [0, 0.05) is 0 Å². The number of carboxylic acid groups (broad SMARTS) is 1. The fourth-order valence-corrected chi connectivity index (χ4v) is 5.94. The first-order valence-corrected chi connectivity index (χ1v) is 13.2. The number of allylic oxidation sites excluding steroid dienone is 1. The van der Waals surface area contributed by atoms with Gasteiger partial charge >= 0.3 is 11.9 Å². The van der Waals surface area contributed by atoms with Gasteiger partial charge in [-0.25, -0.2) is 14.6 Å². The maximum atomic E-state index is 13.8. The number of hydrogen-bond donors (Lipinski definition) is 1. The van der Waals surface area contributed by atoms with Crippen LogP contribution in [-0.4, -0.2) is 41.6 Å². The summed E-state index contributed by atoms with van der Waals surface area (Å²) in [6.07, 6.45) is 1.59. The summed E-state index contributed by atoms with van der Waals surface area (Å²) in [6, 6.07) is 7.42. The lowest BCUT2D eigenvalue weighted by molar-refractivity contribution is -0.140. The molecule has 0 unspecified atom stereocenters. The molecule has 10 nitrogen and oxygen atoms in total. The summed E-state index contributed by atoms with van der Waals surface area (Å²) in [7, 11) is 0. The van der Waals surface area contributed by atoms with E-state index in [4.69, 9.17) is 47.3 Å². The van der Waals surface area contributed by atoms with E-state index < -0.39 is 30.1 Å². The Bertz CT molecular complexity index is 1700. The van der Waals surface area contributed by atoms with Gasteiger partial charge in [-0.2, -0.15) is 0 Å². The second-order valence-electron chi connectivity index (χ2n) is 8.41. The number of ether oxygens (including phenoxy) is 4. The number of halogens is 2. The Kier molecular flexibility index (Phi) is 7.39. The molecule has 3 heterocycles. The highest BCUT2D eigenvalue weighted by molar-refractivity contribution is 7.07. The van der Waals surface area contributed by atoms with Crippen LogP contribution in [0.5, 0.6) is 17.2 Å². The molecule has 0 saturated heterocycles. The number of esters is 1. The van der Waals surface area contributed by atoms with Crippen LogP contribution in [0.15, 0.2) is 51.4 Å². The Morgan fingerprint density at radius 2 is 1.92 bits per heavy atom. The summed E-state index contributed by atoms with van der Waals surface area (Å²) in [4.78, 5) is 42.6. The lowest BCUT2D eigenvalue weighted by Crippen LogP contribution is -2.39. The zero-order valence-corrected chi connectivity index (χ0v) is 22.9. The lowest BCUT2D eigenvalue weighted by Gasteiger charge is -2.24. The van der Waals surface area contributed by atoms with E-state index in [9.17, 15) is 14.4 Å². The summed E-state index contributed by atoms with van der Waals surface area (Å²) in [5.41, 5.74) is 1.37. The van der Waals surface area contributed by atoms with Gasteiger partial charge in [-0.15, -0.1) is 0 Å². The van der Waals surface area contributed by atoms with Crippen LogP contribution in [0.3, 0.4) is 0 Å². The molecule has 0 spiro atoms. The second kappa shape index (κ2) is 10.8. The number of benzene rings is 2. The smallest absolute Gasteiger partial charge is 0.341 e. The summed E-state index contributed by atoms with van der Waals surface area (Å²) in [5.74, 6) is -0.666. The lowest BCUT2D eigenvalue weighted by atomic mass is 9.95. The van der Waals surface area contributed by atoms with Crippen molar-refractivity contribution in [2.75, 3.05) is 20.0 Å². The Hall–Kier alpha value is -3.80. The number of aromatic nitrogens is 1. The zero-order chi connectivity index (χ0) is 27.8. The maximum Gasteiger partial charge on any atom is 0.341 e. The number of rotatable bonds is 7. The molecule has 0 amide bonds. The standard InChI is InChI=1S/C26H20Cl2N2O8S/c1-3-35-25(34)21-12(2)29-26-30(22(21)14-4-5-17-18(9-14)38-11-37-17)24(33)19(39-26)8-13-6-15(27)23(16(28)7-13)36-10-20(31)32/h4-9,22H,3,10-11H2,1-2H3,(H,31,32)/b19-8-/t22-/m1/s1. The molecule has 2 aromatic carbocycles. The van der Waals surface area contributed by atoms with Crippen LogP contribution in [-0.2, 0) is 14.3 Å². The summed E-state index contributed by atoms with van der Waals surface area (Å²) < 4.78 is 23.2. The van der Waals surface area contributed by atoms with E-state index in [0.717, 1.165) is 11.3 Å². The van der Waals surface area contributed by atoms with Crippen LogP contribution in [0.4, 0.5) is 0 Å². The van der Waals surface area contributed by atoms with E-state index in [2.05, 4.69) is 4.99 Å². The molecule has 1 aromatic heterocycles. The monoisotopic (exact) mass is 590 g/mol. The van der Waals surface area contributed by atoms with Crippen LogP contribution in [0.1, 0.15) is 31.0 Å². The third-order valence-electron chi connectivity index (χ3n) is 5.89. The number of carbonyl (C=O) groups is 2. The molecule has 5 rings (SSSR count). The van der Waals surface area contributed by atoms with Gasteiger partial charge in [0.25, 0.3) is 5.56 Å². The first-order valence-electron chi connectivity index (χ1n) is 11.6. The van der Waals surface area contributed by atoms with Gasteiger partial charge in [0.2, 0.25) is 6.79 Å². The average Bonchev–Trinajstić information content (AvgIpc) is 3.46. The van der Waals surface area contributed by atoms with Crippen molar-refractivity contribution in [1.29, 1.82) is 0 Å². The highest BCUT2D eigenvalue weighted by Gasteiger charge is 2.34. The molecule has 1 atom stereocenters. The van der Waals surface area contributed by atoms with Gasteiger partial charge in [0.05, 0.1) is 38.5 Å². The van der Waals surface area contributed by atoms with Gasteiger partial charge in [-0.05, 0) is 55.3 Å². The van der Waals surface area contributed by atoms with E-state index in [1.807, 2.05) is 0 Å². The second-order valence-corrected chi connectivity index (χ2v) is 10.2. The first-order chi connectivity index (χ1) is 18.7. The number of aliphatic carboxylic acids is 1. The predicted octanol–water partition coefficient (Wildman–Crippen LogP) is 3.30. The molecule has 2 aliphatic heterocycles. The number of hydrogen-bond acceptors (Lipinski definition) is 9. The minimum Gasteiger partial charge on any atom is -0.479 e. The molecular weight excluding hydrogens is 571 g/mol. The Balaban J connectivity index is 1.64. The van der Waals surface area contributed by atoms with Crippen LogP contribution < -0.4 is 29.1 Å². The van der Waals surface area contributed by atoms with Crippen molar-refractivity contribution in [2.24, 2.45) is 4.99 Å². The fourth-order valence-electron chi connectivity index (χ4n) is 4.28. The highest BCUT2D eigenvalue weighted by atomic mass is 35.5. The molecule has 0 aliphatic carbocycles. The molecular formula is C26H20Cl2N2O8S. The number of carbonyl (C=O) groups excluding carboxylic acids is 1. The zero-order valence-electron chi connectivity index (χ0n) is 20.5. The molecule has 0 bridgehead atoms. The van der Waals surface area contributed by atoms with Crippen molar-refractivity contribution >= 4 is 52.6 Å². The van der Waals surface area contributed by atoms with Crippen molar-refractivity contribution in [3.8, 4) is 17.2 Å². The van der Waals surface area contributed by atoms with Crippen molar-refractivity contribution in [2.45, 2.75) is 19.9 Å². The van der Waals surface area contributed by atoms with E-state index in [1.165, 1.54) is 16.7 Å². The molecule has 3 aromatic rings. The van der Waals surface area contributed by atoms with Crippen LogP contribution >= 0.6 is 34.5 Å². The first kappa shape index (κ1) is 26.8. The largest absolute Gasteiger partial charge is 0.479 e. The molecule has 39 heavy (non-hydrogen) atoms. The van der Waals surface area contributed by atoms with Crippen LogP contribution in [0.2, 0.25) is 10.0 Å². The molecule has 13 heteroatoms. The van der Waals surface area contributed by atoms with Gasteiger partial charge in [0.1, 0.15) is 0 Å². The Labute approximate surface area is 234 Å². The minimum atomic E-state index is -1.18. The van der Waals surface area contributed by atoms with Crippen LogP contribution in [0.25, 0.3) is 6.08 Å². The number of thiazole rings is 1. The number of nitrogens with zero attached hydrogens (tertiary/aromatic N) is 2. The summed E-state index contributed by atoms with van der Waals surface area (Å²) in [6.45, 7) is 3.01. The number of fused-ring (bicyclic) bond motifs is 2. The quantitative estimate of drug-likeness (QED) is 0.415. The summed E-state index contributed by atoms with van der Waals surface area (Å²) >= 11 is 13.7. The molecule has 0 radical (unpaired) electrons. The van der Waals surface area contributed by atoms with E-state index in [1.54, 1.807) is 38.1 Å². The number of carboxylic acids is 1. The fraction of sp³-hybridized carbons (Fsp3) is 0.231. The van der Waals surface area contributed by atoms with E-state index in [0.29, 0.717) is 37.7 Å². The van der Waals surface area contributed by atoms with Gasteiger partial charge in [0.15, 0.2) is 28.7 Å². The Morgan fingerprint density at radius 1 is 1.21 bits per heavy atom. The molecule has 2 aliphatic rings. The molecule has 0 saturated carbocycles. The normalized spacial score (nSPS) is 16.1. The van der Waals surface area contributed by atoms with E-state index in [-0.39, 0.29) is 34.8 Å². The molecule has 1 N–H and O–H groups in total. The third kappa shape index (κ3) is 5.12. The maximum absolute atomic E-state index is 13.8. The topological polar surface area (TPSA) is 126 Å².